The number of hydrogen-bond donors (Lipinski definition) is 0. The summed E-state index contributed by atoms with van der Waals surface area (Å²) in [4.78, 5) is 11.1. The summed E-state index contributed by atoms with van der Waals surface area (Å²) in [5.41, 5.74) is 1.18. The lowest BCUT2D eigenvalue weighted by Gasteiger charge is -2.08. The molecule has 0 saturated carbocycles. The van der Waals surface area contributed by atoms with Gasteiger partial charge in [-0.1, -0.05) is 0 Å². The van der Waals surface area contributed by atoms with E-state index >= 15 is 0 Å². The Labute approximate surface area is 66.6 Å². The highest BCUT2D eigenvalue weighted by molar-refractivity contribution is 5.58. The second-order valence-electron chi connectivity index (χ2n) is 2.26. The third kappa shape index (κ3) is 0.986. The van der Waals surface area contributed by atoms with Crippen LogP contribution in [0.5, 0.6) is 0 Å². The maximum atomic E-state index is 10.7. The molecule has 0 unspecified atom stereocenters. The molecule has 2 aliphatic heterocycles. The van der Waals surface area contributed by atoms with Gasteiger partial charge in [0.05, 0.1) is 16.7 Å². The third-order valence-electron chi connectivity index (χ3n) is 1.45. The summed E-state index contributed by atoms with van der Waals surface area (Å²) < 4.78 is 0.416. The van der Waals surface area contributed by atoms with Crippen molar-refractivity contribution in [2.75, 3.05) is 0 Å². The van der Waals surface area contributed by atoms with Crippen LogP contribution in [-0.4, -0.2) is 15.0 Å². The van der Waals surface area contributed by atoms with Gasteiger partial charge in [0, 0.05) is 16.9 Å². The van der Waals surface area contributed by atoms with Crippen LogP contribution < -0.4 is 4.54 Å². The molecular formula is C6H4N4O2. The minimum Gasteiger partial charge on any atom is -0.790 e. The van der Waals surface area contributed by atoms with E-state index in [0.29, 0.717) is 20.5 Å². The summed E-state index contributed by atoms with van der Waals surface area (Å²) in [6, 6.07) is 0. The van der Waals surface area contributed by atoms with E-state index in [1.807, 2.05) is 0 Å². The molecule has 6 nitrogen and oxygen atoms in total. The topological polar surface area (TPSA) is 76.7 Å². The van der Waals surface area contributed by atoms with Crippen LogP contribution in [0.25, 0.3) is 11.1 Å². The van der Waals surface area contributed by atoms with Crippen molar-refractivity contribution in [3.8, 4) is 11.1 Å². The first-order chi connectivity index (χ1) is 5.75. The Morgan fingerprint density at radius 3 is 3.08 bits per heavy atom. The Kier molecular flexibility index (Phi) is 1.26. The Balaban J connectivity index is 2.80. The Morgan fingerprint density at radius 2 is 2.25 bits per heavy atom. The zero-order chi connectivity index (χ0) is 8.55. The van der Waals surface area contributed by atoms with Gasteiger partial charge in [-0.25, -0.2) is 0 Å². The van der Waals surface area contributed by atoms with Crippen LogP contribution in [0.3, 0.4) is 0 Å². The van der Waals surface area contributed by atoms with Gasteiger partial charge in [-0.15, -0.1) is 0 Å². The van der Waals surface area contributed by atoms with Crippen molar-refractivity contribution in [3.05, 3.63) is 34.9 Å². The number of aromatic nitrogens is 4. The lowest BCUT2D eigenvalue weighted by molar-refractivity contribution is -0.563. The fourth-order valence-corrected chi connectivity index (χ4v) is 0.908. The molecule has 0 radical (unpaired) electrons. The van der Waals surface area contributed by atoms with Gasteiger partial charge in [0.25, 0.3) is 6.20 Å². The zero-order valence-electron chi connectivity index (χ0n) is 5.91. The second kappa shape index (κ2) is 2.26. The van der Waals surface area contributed by atoms with Crippen LogP contribution in [0.1, 0.15) is 0 Å². The number of nitrogens with zero attached hydrogens (tertiary/aromatic N) is 4. The van der Waals surface area contributed by atoms with Crippen LogP contribution in [-0.2, 0) is 0 Å². The molecule has 0 aromatic heterocycles. The normalized spacial score (nSPS) is 10.3. The average molecular weight is 164 g/mol. The quantitative estimate of drug-likeness (QED) is 0.498. The van der Waals surface area contributed by atoms with Crippen molar-refractivity contribution in [3.63, 3.8) is 0 Å². The van der Waals surface area contributed by atoms with Gasteiger partial charge in [0.15, 0.2) is 4.54 Å². The smallest absolute Gasteiger partial charge is 0.269 e. The summed E-state index contributed by atoms with van der Waals surface area (Å²) in [5, 5.41) is 17.5. The van der Waals surface area contributed by atoms with Crippen molar-refractivity contribution in [2.45, 2.75) is 0 Å². The number of fused-ring (bicyclic) bond motifs is 1. The Hall–Kier alpha value is -1.98. The van der Waals surface area contributed by atoms with Crippen molar-refractivity contribution in [1.82, 2.24) is 15.0 Å². The summed E-state index contributed by atoms with van der Waals surface area (Å²) in [5.74, 6) is 0. The summed E-state index contributed by atoms with van der Waals surface area (Å²) >= 11 is 0. The van der Waals surface area contributed by atoms with E-state index in [1.54, 1.807) is 0 Å². The molecule has 0 spiro atoms. The van der Waals surface area contributed by atoms with E-state index in [4.69, 9.17) is 0 Å². The van der Waals surface area contributed by atoms with Crippen molar-refractivity contribution < 1.29 is 4.54 Å². The monoisotopic (exact) mass is 164 g/mol. The lowest BCUT2D eigenvalue weighted by atomic mass is 10.2. The lowest BCUT2D eigenvalue weighted by Crippen LogP contribution is -2.18. The van der Waals surface area contributed by atoms with Gasteiger partial charge in [-0.2, -0.15) is 5.10 Å². The van der Waals surface area contributed by atoms with Gasteiger partial charge in [-0.05, 0) is 0 Å². The highest BCUT2D eigenvalue weighted by Crippen LogP contribution is 2.14. The predicted molar refractivity (Wildman–Crippen MR) is 38.8 cm³/mol. The molecule has 60 valence electrons. The van der Waals surface area contributed by atoms with Gasteiger partial charge >= 0.3 is 0 Å². The van der Waals surface area contributed by atoms with Crippen LogP contribution >= 0.6 is 0 Å². The minimum atomic E-state index is 0.416. The third-order valence-corrected chi connectivity index (χ3v) is 1.45. The van der Waals surface area contributed by atoms with Crippen LogP contribution in [0.4, 0.5) is 0 Å². The molecule has 0 N–H and O–H groups in total. The standard InChI is InChI=1S/C6H4N4O2/c11-9-4-6-2-8-10(12)3-5(6)1-7-9/h1-4H. The molecule has 2 aliphatic rings. The molecule has 0 aliphatic carbocycles. The average Bonchev–Trinajstić information content (AvgIpc) is 2.05. The molecule has 12 heavy (non-hydrogen) atoms. The molecular weight excluding hydrogens is 160 g/mol. The van der Waals surface area contributed by atoms with E-state index in [-0.39, 0.29) is 0 Å². The number of hydrogen-bond acceptors (Lipinski definition) is 4. The van der Waals surface area contributed by atoms with Gasteiger partial charge in [0.2, 0.25) is 0 Å². The Bertz CT molecular complexity index is 438. The largest absolute Gasteiger partial charge is 0.790 e. The molecule has 2 heterocycles. The summed E-state index contributed by atoms with van der Waals surface area (Å²) in [7, 11) is 0. The Morgan fingerprint density at radius 1 is 1.42 bits per heavy atom. The summed E-state index contributed by atoms with van der Waals surface area (Å²) in [6.45, 7) is 0. The SMILES string of the molecule is O=[n+]1cc2cnn([O-])cc-2cn1. The second-order valence-corrected chi connectivity index (χ2v) is 2.26. The van der Waals surface area contributed by atoms with E-state index in [1.165, 1.54) is 24.8 Å². The molecule has 0 fully saturated rings. The molecule has 0 aromatic carbocycles. The number of rotatable bonds is 0. The van der Waals surface area contributed by atoms with Crippen molar-refractivity contribution in [2.24, 2.45) is 0 Å². The maximum Gasteiger partial charge on any atom is 0.269 e. The molecule has 2 rings (SSSR count). The van der Waals surface area contributed by atoms with E-state index in [0.717, 1.165) is 0 Å². The molecule has 0 atom stereocenters. The highest BCUT2D eigenvalue weighted by atomic mass is 16.5. The van der Waals surface area contributed by atoms with Crippen LogP contribution in [0.15, 0.2) is 24.8 Å². The first kappa shape index (κ1) is 6.71. The van der Waals surface area contributed by atoms with Gasteiger partial charge in [0.1, 0.15) is 6.20 Å². The molecule has 0 saturated heterocycles. The van der Waals surface area contributed by atoms with Crippen LogP contribution in [0, 0.1) is 10.1 Å². The maximum absolute atomic E-state index is 10.7. The minimum absolute atomic E-state index is 0.416. The fraction of sp³-hybridized carbons (Fsp3) is 0. The highest BCUT2D eigenvalue weighted by Gasteiger charge is 2.07. The van der Waals surface area contributed by atoms with E-state index in [2.05, 4.69) is 10.2 Å². The van der Waals surface area contributed by atoms with E-state index < -0.39 is 0 Å². The molecule has 0 bridgehead atoms. The molecule has 0 amide bonds. The fourth-order valence-electron chi connectivity index (χ4n) is 0.908. The van der Waals surface area contributed by atoms with Crippen molar-refractivity contribution in [1.29, 1.82) is 0 Å². The van der Waals surface area contributed by atoms with Crippen LogP contribution in [0.2, 0.25) is 0 Å². The zero-order valence-corrected chi connectivity index (χ0v) is 5.91. The molecule has 0 aromatic rings. The first-order valence-corrected chi connectivity index (χ1v) is 3.20. The van der Waals surface area contributed by atoms with Gasteiger partial charge < -0.3 is 10.1 Å². The first-order valence-electron chi connectivity index (χ1n) is 3.20. The predicted octanol–water partition coefficient (Wildman–Crippen LogP) is -0.357. The van der Waals surface area contributed by atoms with Crippen molar-refractivity contribution >= 4 is 0 Å². The van der Waals surface area contributed by atoms with E-state index in [9.17, 15) is 10.1 Å². The summed E-state index contributed by atoms with van der Waals surface area (Å²) in [6.07, 6.45) is 5.14. The molecule has 6 heteroatoms. The van der Waals surface area contributed by atoms with Gasteiger partial charge in [-0.3, -0.25) is 0 Å².